The number of thiazole rings is 1. The van der Waals surface area contributed by atoms with Gasteiger partial charge in [-0.1, -0.05) is 44.2 Å². The van der Waals surface area contributed by atoms with E-state index in [1.165, 1.54) is 29.7 Å². The van der Waals surface area contributed by atoms with E-state index in [0.29, 0.717) is 22.9 Å². The van der Waals surface area contributed by atoms with Crippen LogP contribution in [0, 0.1) is 16.7 Å². The molecule has 0 radical (unpaired) electrons. The van der Waals surface area contributed by atoms with Gasteiger partial charge in [0.05, 0.1) is 12.1 Å². The highest BCUT2D eigenvalue weighted by molar-refractivity contribution is 7.19. The van der Waals surface area contributed by atoms with Crippen molar-refractivity contribution in [2.45, 2.75) is 84.3 Å². The Bertz CT molecular complexity index is 1610. The van der Waals surface area contributed by atoms with Crippen molar-refractivity contribution < 1.29 is 14.7 Å². The van der Waals surface area contributed by atoms with Gasteiger partial charge >= 0.3 is 0 Å². The maximum absolute atomic E-state index is 13.8. The summed E-state index contributed by atoms with van der Waals surface area (Å²) in [6, 6.07) is 9.69. The van der Waals surface area contributed by atoms with Gasteiger partial charge in [-0.05, 0) is 98.6 Å². The van der Waals surface area contributed by atoms with Crippen LogP contribution in [-0.2, 0) is 12.8 Å². The quantitative estimate of drug-likeness (QED) is 0.328. The molecule has 10 heteroatoms. The van der Waals surface area contributed by atoms with Crippen LogP contribution in [-0.4, -0.2) is 88.6 Å². The lowest BCUT2D eigenvalue weighted by Crippen LogP contribution is -2.63. The summed E-state index contributed by atoms with van der Waals surface area (Å²) < 4.78 is 0. The van der Waals surface area contributed by atoms with Gasteiger partial charge in [-0.3, -0.25) is 9.59 Å². The number of aliphatic hydroxyl groups is 1. The number of nitrogens with one attached hydrogen (secondary N) is 2. The largest absolute Gasteiger partial charge is 0.393 e. The Morgan fingerprint density at radius 3 is 2.70 bits per heavy atom. The molecule has 252 valence electrons. The zero-order chi connectivity index (χ0) is 32.8. The van der Waals surface area contributed by atoms with E-state index in [-0.39, 0.29) is 34.8 Å². The van der Waals surface area contributed by atoms with Crippen LogP contribution in [0.3, 0.4) is 0 Å². The first kappa shape index (κ1) is 32.6. The molecule has 0 saturated carbocycles. The molecule has 1 aliphatic carbocycles. The predicted molar refractivity (Wildman–Crippen MR) is 186 cm³/mol. The van der Waals surface area contributed by atoms with Gasteiger partial charge in [-0.25, -0.2) is 9.97 Å². The Morgan fingerprint density at radius 2 is 1.96 bits per heavy atom. The first-order chi connectivity index (χ1) is 22.5. The Hall–Kier alpha value is -2.92. The molecule has 1 aromatic carbocycles. The van der Waals surface area contributed by atoms with E-state index in [0.717, 1.165) is 99.5 Å². The van der Waals surface area contributed by atoms with Gasteiger partial charge in [0.25, 0.3) is 11.8 Å². The van der Waals surface area contributed by atoms with Crippen molar-refractivity contribution in [2.24, 2.45) is 16.7 Å². The van der Waals surface area contributed by atoms with Gasteiger partial charge in [-0.15, -0.1) is 0 Å². The number of aromatic nitrogens is 2. The summed E-state index contributed by atoms with van der Waals surface area (Å²) in [4.78, 5) is 42.3. The molecule has 1 unspecified atom stereocenters. The molecule has 4 aliphatic rings. The van der Waals surface area contributed by atoms with Gasteiger partial charge in [0, 0.05) is 55.9 Å². The molecule has 9 nitrogen and oxygen atoms in total. The van der Waals surface area contributed by atoms with Gasteiger partial charge in [-0.2, -0.15) is 0 Å². The standard InChI is InChI=1S/C37H50N6O3S/c1-36(2,3)27-8-9-29-26(19-27)20-31-33(40-29)47-34(41-31)32(45)39-30(12-17-42-15-10-28(44)11-16-42)24-6-4-7-25(18-24)35(46)43-22-37(23-43)13-5-14-38-21-37/h4,6-7,18,20,27-28,30,38,44H,5,8-17,19,21-23H2,1-3H3,(H,39,45)/t27-,30?/m0/s1. The first-order valence-corrected chi connectivity index (χ1v) is 18.5. The van der Waals surface area contributed by atoms with Crippen molar-refractivity contribution >= 4 is 33.5 Å². The normalized spacial score (nSPS) is 22.6. The fourth-order valence-corrected chi connectivity index (χ4v) is 8.97. The lowest BCUT2D eigenvalue weighted by Gasteiger charge is -2.52. The minimum Gasteiger partial charge on any atom is -0.393 e. The van der Waals surface area contributed by atoms with Crippen LogP contribution < -0.4 is 10.6 Å². The molecule has 3 fully saturated rings. The zero-order valence-corrected chi connectivity index (χ0v) is 29.0. The molecule has 1 spiro atoms. The molecule has 2 amide bonds. The molecular weight excluding hydrogens is 609 g/mol. The molecule has 47 heavy (non-hydrogen) atoms. The molecule has 7 rings (SSSR count). The van der Waals surface area contributed by atoms with Crippen LogP contribution in [0.15, 0.2) is 30.3 Å². The highest BCUT2D eigenvalue weighted by Gasteiger charge is 2.45. The number of benzene rings is 1. The molecule has 3 saturated heterocycles. The van der Waals surface area contributed by atoms with Crippen LogP contribution in [0.2, 0.25) is 0 Å². The number of hydrogen-bond donors (Lipinski definition) is 3. The highest BCUT2D eigenvalue weighted by atomic mass is 32.1. The molecule has 2 aromatic heterocycles. The number of aliphatic hydroxyl groups excluding tert-OH is 1. The number of fused-ring (bicyclic) bond motifs is 2. The van der Waals surface area contributed by atoms with Crippen LogP contribution in [0.1, 0.15) is 102 Å². The number of piperidine rings is 2. The Kier molecular flexibility index (Phi) is 9.15. The summed E-state index contributed by atoms with van der Waals surface area (Å²) in [6.07, 6.45) is 7.45. The second kappa shape index (κ2) is 13.2. The van der Waals surface area contributed by atoms with E-state index >= 15 is 0 Å². The third kappa shape index (κ3) is 7.12. The van der Waals surface area contributed by atoms with E-state index in [2.05, 4.69) is 42.4 Å². The molecule has 0 bridgehead atoms. The fourth-order valence-electron chi connectivity index (χ4n) is 8.12. The number of amides is 2. The number of pyridine rings is 1. The number of rotatable bonds is 7. The second-order valence-corrected chi connectivity index (χ2v) is 16.7. The maximum atomic E-state index is 13.8. The number of carbonyl (C=O) groups excluding carboxylic acids is 2. The van der Waals surface area contributed by atoms with Crippen molar-refractivity contribution in [3.8, 4) is 0 Å². The number of carbonyl (C=O) groups is 2. The average Bonchev–Trinajstić information content (AvgIpc) is 3.47. The Morgan fingerprint density at radius 1 is 1.15 bits per heavy atom. The zero-order valence-electron chi connectivity index (χ0n) is 28.2. The van der Waals surface area contributed by atoms with Crippen molar-refractivity contribution in [3.05, 3.63) is 57.7 Å². The van der Waals surface area contributed by atoms with E-state index in [9.17, 15) is 14.7 Å². The van der Waals surface area contributed by atoms with Crippen LogP contribution >= 0.6 is 11.3 Å². The van der Waals surface area contributed by atoms with Gasteiger partial charge in [0.2, 0.25) is 0 Å². The van der Waals surface area contributed by atoms with Gasteiger partial charge < -0.3 is 25.5 Å². The van der Waals surface area contributed by atoms with E-state index in [1.54, 1.807) is 0 Å². The topological polar surface area (TPSA) is 111 Å². The minimum absolute atomic E-state index is 0.0630. The molecule has 3 aromatic rings. The Labute approximate surface area is 282 Å². The first-order valence-electron chi connectivity index (χ1n) is 17.7. The van der Waals surface area contributed by atoms with E-state index in [1.807, 2.05) is 29.2 Å². The summed E-state index contributed by atoms with van der Waals surface area (Å²) in [6.45, 7) is 13.1. The highest BCUT2D eigenvalue weighted by Crippen LogP contribution is 2.39. The van der Waals surface area contributed by atoms with E-state index < -0.39 is 0 Å². The third-order valence-corrected chi connectivity index (χ3v) is 12.2. The number of aryl methyl sites for hydroxylation is 1. The number of hydrogen-bond acceptors (Lipinski definition) is 8. The second-order valence-electron chi connectivity index (χ2n) is 15.7. The van der Waals surface area contributed by atoms with Gasteiger partial charge in [0.15, 0.2) is 5.01 Å². The van der Waals surface area contributed by atoms with Crippen molar-refractivity contribution in [1.82, 2.24) is 30.4 Å². The number of nitrogens with zero attached hydrogens (tertiary/aromatic N) is 4. The summed E-state index contributed by atoms with van der Waals surface area (Å²) >= 11 is 1.36. The van der Waals surface area contributed by atoms with E-state index in [4.69, 9.17) is 9.97 Å². The number of likely N-dealkylation sites (tertiary alicyclic amines) is 2. The predicted octanol–water partition coefficient (Wildman–Crippen LogP) is 4.99. The summed E-state index contributed by atoms with van der Waals surface area (Å²) in [7, 11) is 0. The molecule has 3 aliphatic heterocycles. The smallest absolute Gasteiger partial charge is 0.280 e. The summed E-state index contributed by atoms with van der Waals surface area (Å²) in [5.41, 5.74) is 5.28. The van der Waals surface area contributed by atoms with Crippen molar-refractivity contribution in [3.63, 3.8) is 0 Å². The van der Waals surface area contributed by atoms with Gasteiger partial charge in [0.1, 0.15) is 10.3 Å². The lowest BCUT2D eigenvalue weighted by atomic mass is 9.71. The molecule has 3 N–H and O–H groups in total. The monoisotopic (exact) mass is 658 g/mol. The summed E-state index contributed by atoms with van der Waals surface area (Å²) in [5, 5.41) is 17.2. The summed E-state index contributed by atoms with van der Waals surface area (Å²) in [5.74, 6) is 0.463. The molecule has 2 atom stereocenters. The van der Waals surface area contributed by atoms with Crippen molar-refractivity contribution in [1.29, 1.82) is 0 Å². The maximum Gasteiger partial charge on any atom is 0.280 e. The van der Waals surface area contributed by atoms with Crippen LogP contribution in [0.25, 0.3) is 10.3 Å². The Balaban J connectivity index is 1.09. The lowest BCUT2D eigenvalue weighted by molar-refractivity contribution is -0.00723. The minimum atomic E-state index is -0.284. The molecular formula is C37H50N6O3S. The average molecular weight is 659 g/mol. The SMILES string of the molecule is CC(C)(C)[C@H]1CCc2nc3sc(C(=O)NC(CCN4CCC(O)CC4)c4cccc(C(=O)N5CC6(CCCNC6)C5)c4)nc3cc2C1. The van der Waals surface area contributed by atoms with Crippen molar-refractivity contribution in [2.75, 3.05) is 45.8 Å². The van der Waals surface area contributed by atoms with Crippen LogP contribution in [0.5, 0.6) is 0 Å². The third-order valence-electron chi connectivity index (χ3n) is 11.2. The molecule has 5 heterocycles. The fraction of sp³-hybridized carbons (Fsp3) is 0.622. The van der Waals surface area contributed by atoms with Crippen LogP contribution in [0.4, 0.5) is 0 Å².